The number of rotatable bonds is 0. The molecule has 0 aliphatic heterocycles. The smallest absolute Gasteiger partial charge is 2.00 e. The van der Waals surface area contributed by atoms with E-state index in [2.05, 4.69) is 0 Å². The Bertz CT molecular complexity index is 36.1. The standard InChI is InChI=1S/2Hf.2In.13O.2Sn.2Zn/q2*+4;2*+3;13*-2;2*+4;2*+2. The van der Waals surface area contributed by atoms with E-state index in [1.165, 1.54) is 0 Å². The Morgan fingerprint density at radius 3 is 0.238 bits per heavy atom. The second kappa shape index (κ2) is 471. The third-order valence-electron chi connectivity index (χ3n) is 0. The molecule has 0 aromatic carbocycles. The zero-order valence-corrected chi connectivity index (χ0v) is 35.3. The minimum atomic E-state index is 0. The summed E-state index contributed by atoms with van der Waals surface area (Å²) < 4.78 is 0. The van der Waals surface area contributed by atoms with E-state index in [0.29, 0.717) is 0 Å². The van der Waals surface area contributed by atoms with Crippen molar-refractivity contribution in [3.05, 3.63) is 0 Å². The van der Waals surface area contributed by atoms with Gasteiger partial charge >= 0.3 is 190 Å². The van der Waals surface area contributed by atoms with Gasteiger partial charge < -0.3 is 71.2 Å². The summed E-state index contributed by atoms with van der Waals surface area (Å²) in [6.45, 7) is 0. The molecule has 0 amide bonds. The molecule has 0 saturated heterocycles. The molecule has 0 saturated carbocycles. The third-order valence-corrected chi connectivity index (χ3v) is 0. The number of hydrogen-bond donors (Lipinski definition) is 0. The molecule has 13 nitrogen and oxygen atoms in total. The van der Waals surface area contributed by atoms with E-state index in [4.69, 9.17) is 0 Å². The van der Waals surface area contributed by atoms with E-state index in [1.54, 1.807) is 0 Å². The van der Waals surface area contributed by atoms with Crippen LogP contribution in [0.4, 0.5) is 0 Å². The van der Waals surface area contributed by atoms with Crippen molar-refractivity contribution in [3.63, 3.8) is 0 Å². The molecule has 0 unspecified atom stereocenters. The van der Waals surface area contributed by atoms with Crippen molar-refractivity contribution in [2.45, 2.75) is 0 Å². The maximum atomic E-state index is 0. The molecule has 0 N–H and O–H groups in total. The van der Waals surface area contributed by atoms with Crippen LogP contribution in [-0.2, 0) is 162 Å². The van der Waals surface area contributed by atoms with Crippen molar-refractivity contribution in [2.75, 3.05) is 0 Å². The third kappa shape index (κ3) is 434. The molecular weight excluding hydrogens is 1160 g/mol. The normalized spacial score (nSPS) is 0. The monoisotopic (exact) mass is 1170 g/mol. The predicted molar refractivity (Wildman–Crippen MR) is 31.9 cm³/mol. The molecule has 21 heteroatoms. The van der Waals surface area contributed by atoms with Crippen LogP contribution in [0.2, 0.25) is 0 Å². The molecule has 0 aliphatic rings. The Morgan fingerprint density at radius 2 is 0.238 bits per heavy atom. The van der Waals surface area contributed by atoms with Crippen molar-refractivity contribution >= 4 is 99.5 Å². The molecule has 0 aromatic rings. The first-order chi connectivity index (χ1) is 0. The van der Waals surface area contributed by atoms with Crippen LogP contribution < -0.4 is 0 Å². The van der Waals surface area contributed by atoms with Gasteiger partial charge in [-0.25, -0.2) is 0 Å². The average Bonchev–Trinajstić information content (AvgIpc) is 0. The second-order valence-corrected chi connectivity index (χ2v) is 0. The fourth-order valence-corrected chi connectivity index (χ4v) is 0. The summed E-state index contributed by atoms with van der Waals surface area (Å²) in [6, 6.07) is 0. The van der Waals surface area contributed by atoms with Crippen LogP contribution >= 0.6 is 0 Å². The van der Waals surface area contributed by atoms with E-state index in [1.807, 2.05) is 0 Å². The first-order valence-corrected chi connectivity index (χ1v) is 0. The van der Waals surface area contributed by atoms with Crippen LogP contribution in [0.1, 0.15) is 0 Å². The first kappa shape index (κ1) is 530. The Hall–Kier alpha value is 5.80. The van der Waals surface area contributed by atoms with Crippen molar-refractivity contribution in [2.24, 2.45) is 0 Å². The zero-order chi connectivity index (χ0) is 0. The van der Waals surface area contributed by atoms with E-state index in [-0.39, 0.29) is 261 Å². The van der Waals surface area contributed by atoms with Crippen LogP contribution in [0.25, 0.3) is 0 Å². The van der Waals surface area contributed by atoms with E-state index >= 15 is 0 Å². The summed E-state index contributed by atoms with van der Waals surface area (Å²) in [5.41, 5.74) is 0. The van der Waals surface area contributed by atoms with E-state index < -0.39 is 0 Å². The Labute approximate surface area is 256 Å². The first-order valence-electron chi connectivity index (χ1n) is 0. The van der Waals surface area contributed by atoms with Gasteiger partial charge in [0.2, 0.25) is 0 Å². The molecule has 0 radical (unpaired) electrons. The van der Waals surface area contributed by atoms with Crippen molar-refractivity contribution in [1.82, 2.24) is 0 Å². The molecule has 0 bridgehead atoms. The predicted octanol–water partition coefficient (Wildman–Crippen LogP) is -3.08. The molecule has 21 heavy (non-hydrogen) atoms. The van der Waals surface area contributed by atoms with Crippen molar-refractivity contribution in [3.8, 4) is 0 Å². The van der Waals surface area contributed by atoms with Crippen LogP contribution in [0.5, 0.6) is 0 Å². The van der Waals surface area contributed by atoms with Crippen LogP contribution in [0.3, 0.4) is 0 Å². The van der Waals surface area contributed by atoms with Gasteiger partial charge in [0.1, 0.15) is 0 Å². The second-order valence-electron chi connectivity index (χ2n) is 0. The van der Waals surface area contributed by atoms with Gasteiger partial charge in [-0.3, -0.25) is 0 Å². The summed E-state index contributed by atoms with van der Waals surface area (Å²) in [6.07, 6.45) is 0. The van der Waals surface area contributed by atoms with Gasteiger partial charge in [-0.2, -0.15) is 0 Å². The minimum Gasteiger partial charge on any atom is -2.00 e. The van der Waals surface area contributed by atoms with Crippen molar-refractivity contribution < 1.29 is 162 Å². The van der Waals surface area contributed by atoms with Crippen LogP contribution in [-0.4, -0.2) is 99.5 Å². The molecule has 0 heterocycles. The summed E-state index contributed by atoms with van der Waals surface area (Å²) in [5.74, 6) is 0. The van der Waals surface area contributed by atoms with Gasteiger partial charge in [0.25, 0.3) is 0 Å². The van der Waals surface area contributed by atoms with Crippen molar-refractivity contribution in [1.29, 1.82) is 0 Å². The molecule has 0 aromatic heterocycles. The topological polar surface area (TPSA) is 370 Å². The molecule has 0 atom stereocenters. The molecule has 104 valence electrons. The van der Waals surface area contributed by atoms with E-state index in [0.717, 1.165) is 0 Å². The van der Waals surface area contributed by atoms with Gasteiger partial charge in [0.15, 0.2) is 0 Å². The largest absolute Gasteiger partial charge is 4.00 e. The minimum absolute atomic E-state index is 0. The van der Waals surface area contributed by atoms with Gasteiger partial charge in [0.05, 0.1) is 0 Å². The summed E-state index contributed by atoms with van der Waals surface area (Å²) in [5, 5.41) is 0. The molecule has 0 rings (SSSR count). The molecule has 0 aliphatic carbocycles. The van der Waals surface area contributed by atoms with E-state index in [9.17, 15) is 0 Å². The summed E-state index contributed by atoms with van der Waals surface area (Å²) in [4.78, 5) is 0. The molecule has 0 fully saturated rings. The number of hydrogen-bond acceptors (Lipinski definition) is 0. The van der Waals surface area contributed by atoms with Gasteiger partial charge in [0, 0.05) is 0 Å². The molecule has 0 spiro atoms. The quantitative estimate of drug-likeness (QED) is 0.218. The van der Waals surface area contributed by atoms with Gasteiger partial charge in [-0.1, -0.05) is 0 Å². The summed E-state index contributed by atoms with van der Waals surface area (Å²) >= 11 is 0. The Kier molecular flexibility index (Phi) is 11900. The maximum absolute atomic E-state index is 0. The van der Waals surface area contributed by atoms with Gasteiger partial charge in [-0.05, 0) is 0 Å². The fourth-order valence-electron chi connectivity index (χ4n) is 0. The van der Waals surface area contributed by atoms with Crippen LogP contribution in [0, 0.1) is 0 Å². The Balaban J connectivity index is 0. The summed E-state index contributed by atoms with van der Waals surface area (Å²) in [7, 11) is 0. The Morgan fingerprint density at radius 1 is 0.238 bits per heavy atom. The van der Waals surface area contributed by atoms with Gasteiger partial charge in [-0.15, -0.1) is 0 Å². The fraction of sp³-hybridized carbons (Fsp3) is 0. The van der Waals surface area contributed by atoms with Crippen LogP contribution in [0.15, 0.2) is 0 Å². The average molecular weight is 1160 g/mol. The SMILES string of the molecule is [Hf+4].[Hf+4].[In+3].[In+3].[O-2].[O-2].[O-2].[O-2].[O-2].[O-2].[O-2].[O-2].[O-2].[O-2].[O-2].[O-2].[O-2].[Sn+4].[Sn+4].[Zn+2].[Zn+2]. The molecular formula is Hf2In2O13Sn2Zn2. The zero-order valence-electron chi connectivity index (χ0n) is 9.88. The maximum Gasteiger partial charge on any atom is 4.00 e.